The molecule has 0 radical (unpaired) electrons. The van der Waals surface area contributed by atoms with Crippen molar-refractivity contribution in [1.29, 1.82) is 0 Å². The summed E-state index contributed by atoms with van der Waals surface area (Å²) in [5, 5.41) is 8.81. The van der Waals surface area contributed by atoms with Gasteiger partial charge in [-0.1, -0.05) is 11.6 Å². The van der Waals surface area contributed by atoms with E-state index in [9.17, 15) is 4.79 Å². The van der Waals surface area contributed by atoms with Crippen molar-refractivity contribution in [3.05, 3.63) is 22.5 Å². The van der Waals surface area contributed by atoms with Gasteiger partial charge >= 0.3 is 5.97 Å². The second-order valence-corrected chi connectivity index (χ2v) is 3.05. The van der Waals surface area contributed by atoms with E-state index in [1.165, 1.54) is 6.07 Å². The van der Waals surface area contributed by atoms with Crippen molar-refractivity contribution in [2.75, 3.05) is 6.61 Å². The Morgan fingerprint density at radius 1 is 1.69 bits per heavy atom. The third kappa shape index (κ3) is 1.33. The van der Waals surface area contributed by atoms with Gasteiger partial charge in [0.05, 0.1) is 6.61 Å². The molecule has 1 aromatic rings. The minimum absolute atomic E-state index is 0.0331. The Hall–Kier alpha value is -1.29. The Kier molecular flexibility index (Phi) is 1.84. The lowest BCUT2D eigenvalue weighted by Crippen LogP contribution is -2.01. The fraction of sp³-hybridized carbons (Fsp3) is 0.250. The zero-order valence-electron chi connectivity index (χ0n) is 6.58. The second kappa shape index (κ2) is 2.88. The predicted octanol–water partition coefficient (Wildman–Crippen LogP) is 1.37. The van der Waals surface area contributed by atoms with Gasteiger partial charge in [0.2, 0.25) is 0 Å². The molecule has 0 unspecified atom stereocenters. The highest BCUT2D eigenvalue weighted by Gasteiger charge is 2.20. The van der Waals surface area contributed by atoms with Crippen LogP contribution in [0.15, 0.2) is 6.07 Å². The van der Waals surface area contributed by atoms with E-state index in [-0.39, 0.29) is 10.8 Å². The quantitative estimate of drug-likeness (QED) is 0.694. The van der Waals surface area contributed by atoms with Crippen molar-refractivity contribution >= 4 is 17.6 Å². The van der Waals surface area contributed by atoms with E-state index in [4.69, 9.17) is 21.4 Å². The molecule has 0 spiro atoms. The third-order valence-electron chi connectivity index (χ3n) is 1.85. The fourth-order valence-electron chi connectivity index (χ4n) is 1.26. The van der Waals surface area contributed by atoms with Gasteiger partial charge in [-0.15, -0.1) is 0 Å². The number of aromatic carboxylic acids is 1. The minimum Gasteiger partial charge on any atom is -0.490 e. The monoisotopic (exact) mass is 199 g/mol. The lowest BCUT2D eigenvalue weighted by atomic mass is 10.2. The van der Waals surface area contributed by atoms with Gasteiger partial charge in [-0.25, -0.2) is 9.78 Å². The molecule has 13 heavy (non-hydrogen) atoms. The first kappa shape index (κ1) is 8.31. The highest BCUT2D eigenvalue weighted by Crippen LogP contribution is 2.32. The van der Waals surface area contributed by atoms with Crippen LogP contribution in [0.2, 0.25) is 5.15 Å². The van der Waals surface area contributed by atoms with E-state index in [1.807, 2.05) is 0 Å². The molecule has 0 bridgehead atoms. The number of hydrogen-bond acceptors (Lipinski definition) is 3. The van der Waals surface area contributed by atoms with Gasteiger partial charge in [0.15, 0.2) is 16.6 Å². The summed E-state index contributed by atoms with van der Waals surface area (Å²) in [7, 11) is 0. The van der Waals surface area contributed by atoms with E-state index in [2.05, 4.69) is 4.98 Å². The maximum absolute atomic E-state index is 10.6. The van der Waals surface area contributed by atoms with Crippen LogP contribution in [-0.4, -0.2) is 22.7 Å². The smallest absolute Gasteiger partial charge is 0.354 e. The number of halogens is 1. The van der Waals surface area contributed by atoms with Crippen LogP contribution in [0.4, 0.5) is 0 Å². The topological polar surface area (TPSA) is 59.4 Å². The number of aromatic nitrogens is 1. The Balaban J connectivity index is 2.55. The highest BCUT2D eigenvalue weighted by atomic mass is 35.5. The van der Waals surface area contributed by atoms with Crippen LogP contribution in [-0.2, 0) is 6.42 Å². The Bertz CT molecular complexity index is 378. The molecule has 1 aliphatic heterocycles. The van der Waals surface area contributed by atoms with E-state index < -0.39 is 5.97 Å². The third-order valence-corrected chi connectivity index (χ3v) is 2.10. The van der Waals surface area contributed by atoms with Gasteiger partial charge in [0.1, 0.15) is 0 Å². The molecule has 0 aromatic carbocycles. The first-order valence-corrected chi connectivity index (χ1v) is 4.12. The predicted molar refractivity (Wildman–Crippen MR) is 45.4 cm³/mol. The molecule has 0 saturated heterocycles. The lowest BCUT2D eigenvalue weighted by molar-refractivity contribution is 0.0690. The summed E-state index contributed by atoms with van der Waals surface area (Å²) >= 11 is 5.72. The summed E-state index contributed by atoms with van der Waals surface area (Å²) in [6, 6.07) is 1.50. The molecule has 1 N–H and O–H groups in total. The van der Waals surface area contributed by atoms with Crippen LogP contribution >= 0.6 is 11.6 Å². The molecule has 0 aliphatic carbocycles. The lowest BCUT2D eigenvalue weighted by Gasteiger charge is -2.01. The largest absolute Gasteiger partial charge is 0.490 e. The Labute approximate surface area is 79.1 Å². The summed E-state index contributed by atoms with van der Waals surface area (Å²) < 4.78 is 5.18. The van der Waals surface area contributed by atoms with Crippen LogP contribution in [0, 0.1) is 0 Å². The van der Waals surface area contributed by atoms with Crippen LogP contribution < -0.4 is 4.74 Å². The first-order valence-electron chi connectivity index (χ1n) is 3.74. The second-order valence-electron chi connectivity index (χ2n) is 2.69. The molecule has 0 amide bonds. The molecular weight excluding hydrogens is 194 g/mol. The van der Waals surface area contributed by atoms with Crippen LogP contribution in [0.3, 0.4) is 0 Å². The van der Waals surface area contributed by atoms with Crippen LogP contribution in [0.25, 0.3) is 0 Å². The average Bonchev–Trinajstić information content (AvgIpc) is 2.51. The number of pyridine rings is 1. The number of carbonyl (C=O) groups is 1. The van der Waals surface area contributed by atoms with E-state index >= 15 is 0 Å². The molecule has 2 heterocycles. The molecule has 68 valence electrons. The van der Waals surface area contributed by atoms with Gasteiger partial charge in [-0.2, -0.15) is 0 Å². The maximum Gasteiger partial charge on any atom is 0.354 e. The number of hydrogen-bond donors (Lipinski definition) is 1. The average molecular weight is 200 g/mol. The zero-order valence-corrected chi connectivity index (χ0v) is 7.34. The van der Waals surface area contributed by atoms with Crippen molar-refractivity contribution in [2.45, 2.75) is 6.42 Å². The highest BCUT2D eigenvalue weighted by molar-refractivity contribution is 6.31. The van der Waals surface area contributed by atoms with E-state index in [0.717, 1.165) is 5.56 Å². The van der Waals surface area contributed by atoms with Gasteiger partial charge < -0.3 is 9.84 Å². The van der Waals surface area contributed by atoms with Gasteiger partial charge in [-0.05, 0) is 6.07 Å². The van der Waals surface area contributed by atoms with E-state index in [1.54, 1.807) is 0 Å². The molecular formula is C8H6ClNO3. The van der Waals surface area contributed by atoms with E-state index in [0.29, 0.717) is 18.8 Å². The number of carboxylic acids is 1. The number of fused-ring (bicyclic) bond motifs is 1. The van der Waals surface area contributed by atoms with Crippen molar-refractivity contribution in [1.82, 2.24) is 4.98 Å². The first-order chi connectivity index (χ1) is 6.18. The molecule has 1 aliphatic rings. The molecule has 4 nitrogen and oxygen atoms in total. The van der Waals surface area contributed by atoms with Crippen molar-refractivity contribution in [2.24, 2.45) is 0 Å². The van der Waals surface area contributed by atoms with Crippen molar-refractivity contribution in [3.63, 3.8) is 0 Å². The van der Waals surface area contributed by atoms with Gasteiger partial charge in [0.25, 0.3) is 0 Å². The number of rotatable bonds is 1. The molecule has 0 fully saturated rings. The molecule has 5 heteroatoms. The van der Waals surface area contributed by atoms with Crippen molar-refractivity contribution in [3.8, 4) is 5.75 Å². The minimum atomic E-state index is -1.07. The van der Waals surface area contributed by atoms with Gasteiger partial charge in [-0.3, -0.25) is 0 Å². The number of carboxylic acid groups (broad SMARTS) is 1. The summed E-state index contributed by atoms with van der Waals surface area (Å²) in [4.78, 5) is 14.3. The summed E-state index contributed by atoms with van der Waals surface area (Å²) in [6.45, 7) is 0.541. The summed E-state index contributed by atoms with van der Waals surface area (Å²) in [5.41, 5.74) is 0.784. The summed E-state index contributed by atoms with van der Waals surface area (Å²) in [5.74, 6) is -0.553. The Morgan fingerprint density at radius 2 is 2.46 bits per heavy atom. The normalized spacial score (nSPS) is 13.6. The van der Waals surface area contributed by atoms with Crippen LogP contribution in [0.1, 0.15) is 16.1 Å². The molecule has 0 saturated carbocycles. The molecule has 0 atom stereocenters. The summed E-state index contributed by atoms with van der Waals surface area (Å²) in [6.07, 6.45) is 0.692. The fourth-order valence-corrected chi connectivity index (χ4v) is 1.53. The van der Waals surface area contributed by atoms with Crippen molar-refractivity contribution < 1.29 is 14.6 Å². The molecule has 1 aromatic heterocycles. The van der Waals surface area contributed by atoms with Crippen LogP contribution in [0.5, 0.6) is 5.75 Å². The molecule has 2 rings (SSSR count). The SMILES string of the molecule is O=C(O)c1cc2c(c(Cl)n1)OCC2. The Morgan fingerprint density at radius 3 is 3.15 bits per heavy atom. The number of ether oxygens (including phenoxy) is 1. The maximum atomic E-state index is 10.6. The standard InChI is InChI=1S/C8H6ClNO3/c9-7-6-4(1-2-13-6)3-5(10-7)8(11)12/h3H,1-2H2,(H,11,12). The van der Waals surface area contributed by atoms with Gasteiger partial charge in [0, 0.05) is 12.0 Å². The number of nitrogens with zero attached hydrogens (tertiary/aromatic N) is 1. The zero-order chi connectivity index (χ0) is 9.42.